The number of hydrogen-bond donors (Lipinski definition) is 0. The number of carbonyl (C=O) groups is 1. The molecule has 0 bridgehead atoms. The molecule has 2 fully saturated rings. The van der Waals surface area contributed by atoms with Gasteiger partial charge in [0.15, 0.2) is 0 Å². The third kappa shape index (κ3) is 7.24. The molecular formula is C42H55N5O4. The van der Waals surface area contributed by atoms with Crippen LogP contribution in [0.3, 0.4) is 0 Å². The third-order valence-electron chi connectivity index (χ3n) is 11.7. The summed E-state index contributed by atoms with van der Waals surface area (Å²) in [7, 11) is 5.31. The van der Waals surface area contributed by atoms with E-state index in [1.165, 1.54) is 29.5 Å². The second-order valence-corrected chi connectivity index (χ2v) is 16.2. The van der Waals surface area contributed by atoms with Crippen molar-refractivity contribution in [1.29, 1.82) is 5.26 Å². The Hall–Kier alpha value is -3.97. The third-order valence-corrected chi connectivity index (χ3v) is 11.7. The monoisotopic (exact) mass is 693 g/mol. The van der Waals surface area contributed by atoms with E-state index < -0.39 is 0 Å². The molecule has 9 nitrogen and oxygen atoms in total. The molecule has 2 aromatic rings. The van der Waals surface area contributed by atoms with Crippen molar-refractivity contribution in [3.63, 3.8) is 0 Å². The normalized spacial score (nSPS) is 23.7. The number of ether oxygens (including phenoxy) is 2. The molecule has 0 radical (unpaired) electrons. The van der Waals surface area contributed by atoms with Crippen LogP contribution in [0.2, 0.25) is 0 Å². The highest BCUT2D eigenvalue weighted by molar-refractivity contribution is 5.97. The van der Waals surface area contributed by atoms with E-state index >= 15 is 0 Å². The number of aromatic nitrogens is 1. The lowest BCUT2D eigenvalue weighted by Gasteiger charge is -2.45. The van der Waals surface area contributed by atoms with Crippen molar-refractivity contribution in [2.75, 3.05) is 46.9 Å². The van der Waals surface area contributed by atoms with Gasteiger partial charge in [-0.3, -0.25) is 19.4 Å². The number of piperazine rings is 1. The molecule has 0 N–H and O–H groups in total. The van der Waals surface area contributed by atoms with Gasteiger partial charge in [-0.25, -0.2) is 0 Å². The van der Waals surface area contributed by atoms with E-state index in [-0.39, 0.29) is 46.1 Å². The predicted molar refractivity (Wildman–Crippen MR) is 201 cm³/mol. The molecule has 1 saturated carbocycles. The summed E-state index contributed by atoms with van der Waals surface area (Å²) in [5.41, 5.74) is 7.87. The van der Waals surface area contributed by atoms with Crippen LogP contribution in [0.25, 0.3) is 5.57 Å². The van der Waals surface area contributed by atoms with Gasteiger partial charge in [0.25, 0.3) is 11.5 Å². The Balaban J connectivity index is 1.15. The number of amides is 1. The number of methoxy groups -OCH3 is 2. The Morgan fingerprint density at radius 2 is 1.86 bits per heavy atom. The van der Waals surface area contributed by atoms with Crippen LogP contribution in [0.1, 0.15) is 80.0 Å². The Kier molecular flexibility index (Phi) is 10.3. The highest BCUT2D eigenvalue weighted by atomic mass is 16.5. The highest BCUT2D eigenvalue weighted by Crippen LogP contribution is 2.46. The summed E-state index contributed by atoms with van der Waals surface area (Å²) in [5, 5.41) is 9.80. The van der Waals surface area contributed by atoms with Gasteiger partial charge in [-0.05, 0) is 85.4 Å². The predicted octanol–water partition coefficient (Wildman–Crippen LogP) is 5.85. The first kappa shape index (κ1) is 36.8. The number of fused-ring (bicyclic) bond motifs is 1. The maximum atomic E-state index is 13.5. The fourth-order valence-corrected chi connectivity index (χ4v) is 8.53. The van der Waals surface area contributed by atoms with Crippen LogP contribution in [0.15, 0.2) is 58.8 Å². The Labute approximate surface area is 303 Å². The van der Waals surface area contributed by atoms with Crippen molar-refractivity contribution in [2.24, 2.45) is 18.4 Å². The van der Waals surface area contributed by atoms with Gasteiger partial charge in [0.1, 0.15) is 17.4 Å². The zero-order valence-electron chi connectivity index (χ0n) is 32.0. The molecule has 9 heteroatoms. The second-order valence-electron chi connectivity index (χ2n) is 16.2. The Bertz CT molecular complexity index is 1890. The van der Waals surface area contributed by atoms with Crippen molar-refractivity contribution in [2.45, 2.75) is 85.0 Å². The molecule has 6 rings (SSSR count). The Morgan fingerprint density at radius 1 is 1.12 bits per heavy atom. The van der Waals surface area contributed by atoms with Crippen molar-refractivity contribution in [3.05, 3.63) is 97.7 Å². The summed E-state index contributed by atoms with van der Waals surface area (Å²) in [6.45, 7) is 17.4. The van der Waals surface area contributed by atoms with E-state index in [1.807, 2.05) is 45.7 Å². The minimum Gasteiger partial charge on any atom is -0.501 e. The lowest BCUT2D eigenvalue weighted by molar-refractivity contribution is -0.129. The van der Waals surface area contributed by atoms with Crippen molar-refractivity contribution < 1.29 is 14.3 Å². The molecule has 2 aliphatic heterocycles. The van der Waals surface area contributed by atoms with Gasteiger partial charge in [0.2, 0.25) is 0 Å². The summed E-state index contributed by atoms with van der Waals surface area (Å²) < 4.78 is 13.8. The molecule has 1 saturated heterocycles. The topological polar surface area (TPSA) is 91.0 Å². The first-order valence-electron chi connectivity index (χ1n) is 18.4. The van der Waals surface area contributed by atoms with E-state index in [0.717, 1.165) is 67.2 Å². The summed E-state index contributed by atoms with van der Waals surface area (Å²) >= 11 is 0. The maximum absolute atomic E-state index is 13.5. The molecule has 3 unspecified atom stereocenters. The van der Waals surface area contributed by atoms with Crippen LogP contribution in [0, 0.1) is 36.5 Å². The first-order valence-corrected chi connectivity index (χ1v) is 18.4. The standard InChI is InChI=1S/C42H55N5O4/c1-27-28(2)39(48)44(7)24-35(27)31-19-37(50-8)36(38(20-31)51-9)25-45-17-18-46(42(26-45)14-15-42)23-30-11-10-12-33-29(3)47(16-13-34(30)33)40(49)32(22-43)21-41(4,5)6/h10-12,19-21,24,29,36-37H,13-18,23,25-26H2,1-9H3/b32-21+. The van der Waals surface area contributed by atoms with Crippen LogP contribution in [-0.2, 0) is 34.3 Å². The maximum Gasteiger partial charge on any atom is 0.264 e. The molecular weight excluding hydrogens is 638 g/mol. The van der Waals surface area contributed by atoms with Crippen molar-refractivity contribution >= 4 is 11.5 Å². The van der Waals surface area contributed by atoms with E-state index in [2.05, 4.69) is 53.1 Å². The van der Waals surface area contributed by atoms with Crippen LogP contribution < -0.4 is 5.56 Å². The average Bonchev–Trinajstić information content (AvgIpc) is 3.88. The number of benzene rings is 1. The zero-order valence-corrected chi connectivity index (χ0v) is 32.0. The molecule has 4 aliphatic rings. The van der Waals surface area contributed by atoms with Gasteiger partial charge in [-0.15, -0.1) is 0 Å². The lowest BCUT2D eigenvalue weighted by Crippen LogP contribution is -2.56. The number of nitriles is 1. The summed E-state index contributed by atoms with van der Waals surface area (Å²) in [4.78, 5) is 33.2. The number of aryl methyl sites for hydroxylation is 1. The number of pyridine rings is 1. The van der Waals surface area contributed by atoms with Crippen LogP contribution in [-0.4, -0.2) is 83.8 Å². The van der Waals surface area contributed by atoms with Gasteiger partial charge < -0.3 is 18.9 Å². The molecule has 1 amide bonds. The fourth-order valence-electron chi connectivity index (χ4n) is 8.53. The van der Waals surface area contributed by atoms with E-state index in [9.17, 15) is 14.9 Å². The minimum atomic E-state index is -0.247. The molecule has 2 aliphatic carbocycles. The lowest BCUT2D eigenvalue weighted by atomic mass is 9.86. The number of nitrogens with zero attached hydrogens (tertiary/aromatic N) is 5. The van der Waals surface area contributed by atoms with Gasteiger partial charge in [-0.1, -0.05) is 45.0 Å². The van der Waals surface area contributed by atoms with Crippen LogP contribution in [0.4, 0.5) is 0 Å². The number of rotatable bonds is 8. The SMILES string of the molecule is COC1=CC(c2cn(C)c(=O)c(C)c2C)=CC(OC)C1CN1CCN(Cc2cccc3c2CCN(C(=O)/C(C#N)=C/C(C)(C)C)C3C)C2(CC2)C1. The first-order chi connectivity index (χ1) is 24.2. The molecule has 3 atom stereocenters. The van der Waals surface area contributed by atoms with E-state index in [4.69, 9.17) is 9.47 Å². The van der Waals surface area contributed by atoms with Gasteiger partial charge in [-0.2, -0.15) is 5.26 Å². The summed E-state index contributed by atoms with van der Waals surface area (Å²) in [6.07, 6.45) is 11.1. The van der Waals surface area contributed by atoms with Crippen molar-refractivity contribution in [3.8, 4) is 6.07 Å². The molecule has 272 valence electrons. The second kappa shape index (κ2) is 14.2. The van der Waals surface area contributed by atoms with Crippen molar-refractivity contribution in [1.82, 2.24) is 19.3 Å². The fraction of sp³-hybridized carbons (Fsp3) is 0.548. The highest BCUT2D eigenvalue weighted by Gasteiger charge is 2.51. The molecule has 1 aromatic carbocycles. The smallest absolute Gasteiger partial charge is 0.264 e. The van der Waals surface area contributed by atoms with Crippen LogP contribution in [0.5, 0.6) is 0 Å². The summed E-state index contributed by atoms with van der Waals surface area (Å²) in [5.74, 6) is 0.798. The molecule has 3 heterocycles. The number of carbonyl (C=O) groups excluding carboxylic acids is 1. The van der Waals surface area contributed by atoms with E-state index in [0.29, 0.717) is 6.54 Å². The quantitative estimate of drug-likeness (QED) is 0.253. The Morgan fingerprint density at radius 3 is 2.51 bits per heavy atom. The number of allylic oxidation sites excluding steroid dienone is 3. The minimum absolute atomic E-state index is 0.0256. The van der Waals surface area contributed by atoms with Gasteiger partial charge in [0.05, 0.1) is 25.2 Å². The number of hydrogen-bond acceptors (Lipinski definition) is 7. The summed E-state index contributed by atoms with van der Waals surface area (Å²) in [6, 6.07) is 8.64. The van der Waals surface area contributed by atoms with Crippen LogP contribution >= 0.6 is 0 Å². The molecule has 1 spiro atoms. The van der Waals surface area contributed by atoms with Gasteiger partial charge >= 0.3 is 0 Å². The van der Waals surface area contributed by atoms with E-state index in [1.54, 1.807) is 31.9 Å². The largest absolute Gasteiger partial charge is 0.501 e. The molecule has 1 aromatic heterocycles. The zero-order chi connectivity index (χ0) is 36.8. The van der Waals surface area contributed by atoms with Gasteiger partial charge in [0, 0.05) is 76.3 Å². The average molecular weight is 694 g/mol. The molecule has 51 heavy (non-hydrogen) atoms.